The maximum atomic E-state index is 12.0. The number of aromatic amines is 5. The average Bonchev–Trinajstić information content (AvgIpc) is 3.35. The summed E-state index contributed by atoms with van der Waals surface area (Å²) in [7, 11) is 0. The molecule has 0 amide bonds. The lowest BCUT2D eigenvalue weighted by molar-refractivity contribution is -0.141. The molecule has 0 bridgehead atoms. The van der Waals surface area contributed by atoms with E-state index >= 15 is 0 Å². The Morgan fingerprint density at radius 3 is 1.65 bits per heavy atom. The maximum absolute atomic E-state index is 12.0. The number of nitrogens with one attached hydrogen (secondary N) is 5. The number of aromatic nitrogens is 6. The average molecular weight is 560 g/mol. The molecule has 0 aliphatic heterocycles. The van der Waals surface area contributed by atoms with Crippen LogP contribution in [0.15, 0.2) is 43.8 Å². The molecule has 0 saturated heterocycles. The molecule has 0 aliphatic carbocycles. The number of hydrogen-bond acceptors (Lipinski definition) is 10. The van der Waals surface area contributed by atoms with E-state index in [0.717, 1.165) is 12.1 Å². The van der Waals surface area contributed by atoms with Crippen LogP contribution in [0.5, 0.6) is 0 Å². The van der Waals surface area contributed by atoms with E-state index in [1.807, 2.05) is 9.97 Å². The minimum atomic E-state index is -1.20. The van der Waals surface area contributed by atoms with E-state index in [1.165, 1.54) is 19.4 Å². The summed E-state index contributed by atoms with van der Waals surface area (Å²) in [6, 6.07) is 1.82. The molecule has 3 heterocycles. The van der Waals surface area contributed by atoms with Crippen LogP contribution in [0.2, 0.25) is 0 Å². The van der Waals surface area contributed by atoms with Gasteiger partial charge in [0, 0.05) is 49.2 Å². The summed E-state index contributed by atoms with van der Waals surface area (Å²) in [6.07, 6.45) is 1.78. The van der Waals surface area contributed by atoms with Crippen molar-refractivity contribution < 1.29 is 34.2 Å². The van der Waals surface area contributed by atoms with Gasteiger partial charge in [-0.1, -0.05) is 0 Å². The molecule has 0 aliphatic rings. The molecule has 3 aromatic heterocycles. The Hall–Kier alpha value is -5.48. The number of Topliss-reactive ketones (excluding diaryl/α,β-unsaturated/α-hetero) is 3. The summed E-state index contributed by atoms with van der Waals surface area (Å²) >= 11 is 0. The highest BCUT2D eigenvalue weighted by Gasteiger charge is 2.24. The number of carboxylic acids is 2. The molecule has 40 heavy (non-hydrogen) atoms. The molecular formula is C23H24N6O11. The highest BCUT2D eigenvalue weighted by Crippen LogP contribution is 2.14. The standard InChI is InChI=1S/C12H12N4O5.C11H12N2O6/c17-9(8-3-10(18)16-12(21)15-8)2-6(11(19)20)1-7-4-13-5-14-7;1-5(14)6(3-10(17)18)2-8(15)7-4-9(16)13-11(19)12-7/h3-6H,1-2H2,(H,13,14)(H,19,20)(H2,15,16,18,21);4,6H,2-3H2,1H3,(H,17,18)(H2,12,13,16,19)/t2*6-/m10/s1. The van der Waals surface area contributed by atoms with Gasteiger partial charge >= 0.3 is 23.3 Å². The number of imidazole rings is 1. The number of carbonyl (C=O) groups excluding carboxylic acids is 3. The first-order valence-corrected chi connectivity index (χ1v) is 11.4. The molecular weight excluding hydrogens is 536 g/mol. The molecule has 0 saturated carbocycles. The predicted octanol–water partition coefficient (Wildman–Crippen LogP) is -1.38. The largest absolute Gasteiger partial charge is 0.481 e. The zero-order valence-electron chi connectivity index (χ0n) is 20.8. The minimum Gasteiger partial charge on any atom is -0.481 e. The summed E-state index contributed by atoms with van der Waals surface area (Å²) < 4.78 is 0. The van der Waals surface area contributed by atoms with Crippen molar-refractivity contribution in [2.75, 3.05) is 0 Å². The Labute approximate surface area is 221 Å². The molecule has 3 aromatic rings. The second kappa shape index (κ2) is 13.9. The maximum Gasteiger partial charge on any atom is 0.326 e. The van der Waals surface area contributed by atoms with E-state index < -0.39 is 70.0 Å². The first-order valence-electron chi connectivity index (χ1n) is 11.4. The first-order chi connectivity index (χ1) is 18.7. The second-order valence-corrected chi connectivity index (χ2v) is 8.48. The molecule has 7 N–H and O–H groups in total. The van der Waals surface area contributed by atoms with Gasteiger partial charge in [0.25, 0.3) is 11.1 Å². The summed E-state index contributed by atoms with van der Waals surface area (Å²) in [5.41, 5.74) is -2.99. The van der Waals surface area contributed by atoms with Crippen LogP contribution in [-0.4, -0.2) is 69.4 Å². The Bertz CT molecular complexity index is 1570. The number of aliphatic carboxylic acids is 2. The summed E-state index contributed by atoms with van der Waals surface area (Å²) in [5, 5.41) is 17.8. The topological polar surface area (TPSA) is 286 Å². The Morgan fingerprint density at radius 2 is 1.27 bits per heavy atom. The molecule has 17 heteroatoms. The number of carbonyl (C=O) groups is 5. The van der Waals surface area contributed by atoms with Crippen molar-refractivity contribution in [1.29, 1.82) is 0 Å². The second-order valence-electron chi connectivity index (χ2n) is 8.48. The summed E-state index contributed by atoms with van der Waals surface area (Å²) in [5.74, 6) is -6.04. The van der Waals surface area contributed by atoms with Crippen molar-refractivity contribution in [3.63, 3.8) is 0 Å². The van der Waals surface area contributed by atoms with Crippen molar-refractivity contribution in [2.45, 2.75) is 32.6 Å². The van der Waals surface area contributed by atoms with E-state index in [4.69, 9.17) is 10.2 Å². The highest BCUT2D eigenvalue weighted by atomic mass is 16.4. The molecule has 0 radical (unpaired) electrons. The van der Waals surface area contributed by atoms with Crippen molar-refractivity contribution in [3.05, 3.63) is 83.4 Å². The Kier molecular flexibility index (Phi) is 10.7. The smallest absolute Gasteiger partial charge is 0.326 e. The molecule has 0 aromatic carbocycles. The van der Waals surface area contributed by atoms with Gasteiger partial charge in [0.05, 0.1) is 30.1 Å². The third kappa shape index (κ3) is 9.77. The van der Waals surface area contributed by atoms with E-state index in [0.29, 0.717) is 5.69 Å². The normalized spacial score (nSPS) is 11.9. The number of nitrogens with zero attached hydrogens (tertiary/aromatic N) is 1. The van der Waals surface area contributed by atoms with Gasteiger partial charge in [-0.15, -0.1) is 0 Å². The van der Waals surface area contributed by atoms with E-state index in [2.05, 4.69) is 19.9 Å². The lowest BCUT2D eigenvalue weighted by Gasteiger charge is -2.10. The van der Waals surface area contributed by atoms with Gasteiger partial charge in [0.15, 0.2) is 11.6 Å². The lowest BCUT2D eigenvalue weighted by atomic mass is 9.94. The van der Waals surface area contributed by atoms with E-state index in [1.54, 1.807) is 0 Å². The number of ketones is 3. The number of rotatable bonds is 12. The number of hydrogen-bond donors (Lipinski definition) is 7. The molecule has 0 unspecified atom stereocenters. The van der Waals surface area contributed by atoms with Gasteiger partial charge in [0.1, 0.15) is 5.78 Å². The molecule has 17 nitrogen and oxygen atoms in total. The zero-order valence-corrected chi connectivity index (χ0v) is 20.8. The number of H-pyrrole nitrogens is 5. The van der Waals surface area contributed by atoms with Crippen LogP contribution in [0.25, 0.3) is 0 Å². The SMILES string of the molecule is CC(=O)[C@H](CC(=O)O)CC(=O)c1cc(=O)[nH]c(=O)[nH]1.O=C(C[C@@H](Cc1cnc[nH]1)C(=O)O)c1cc(=O)[nH]c(=O)[nH]1. The van der Waals surface area contributed by atoms with Crippen LogP contribution >= 0.6 is 0 Å². The monoisotopic (exact) mass is 560 g/mol. The predicted molar refractivity (Wildman–Crippen MR) is 133 cm³/mol. The fourth-order valence-electron chi connectivity index (χ4n) is 3.38. The lowest BCUT2D eigenvalue weighted by Crippen LogP contribution is -2.27. The van der Waals surface area contributed by atoms with Crippen LogP contribution in [0.1, 0.15) is 52.9 Å². The van der Waals surface area contributed by atoms with Gasteiger partial charge in [-0.3, -0.25) is 43.5 Å². The molecule has 212 valence electrons. The summed E-state index contributed by atoms with van der Waals surface area (Å²) in [4.78, 5) is 116. The van der Waals surface area contributed by atoms with Crippen molar-refractivity contribution in [3.8, 4) is 0 Å². The summed E-state index contributed by atoms with van der Waals surface area (Å²) in [6.45, 7) is 1.18. The van der Waals surface area contributed by atoms with E-state index in [-0.39, 0.29) is 30.7 Å². The third-order valence-electron chi connectivity index (χ3n) is 5.35. The van der Waals surface area contributed by atoms with Gasteiger partial charge in [-0.2, -0.15) is 0 Å². The molecule has 3 rings (SSSR count). The van der Waals surface area contributed by atoms with Crippen LogP contribution in [0.4, 0.5) is 0 Å². The number of carboxylic acid groups (broad SMARTS) is 2. The fraction of sp³-hybridized carbons (Fsp3) is 0.304. The van der Waals surface area contributed by atoms with Crippen molar-refractivity contribution in [1.82, 2.24) is 29.9 Å². The highest BCUT2D eigenvalue weighted by molar-refractivity contribution is 5.98. The van der Waals surface area contributed by atoms with Crippen molar-refractivity contribution >= 4 is 29.3 Å². The Morgan fingerprint density at radius 1 is 0.775 bits per heavy atom. The van der Waals surface area contributed by atoms with Crippen LogP contribution < -0.4 is 22.5 Å². The zero-order chi connectivity index (χ0) is 30.0. The van der Waals surface area contributed by atoms with Gasteiger partial charge < -0.3 is 25.2 Å². The van der Waals surface area contributed by atoms with Gasteiger partial charge in [0.2, 0.25) is 0 Å². The van der Waals surface area contributed by atoms with E-state index in [9.17, 15) is 43.2 Å². The first kappa shape index (κ1) is 30.7. The quantitative estimate of drug-likeness (QED) is 0.126. The molecule has 0 spiro atoms. The van der Waals surface area contributed by atoms with Gasteiger partial charge in [-0.05, 0) is 6.92 Å². The van der Waals surface area contributed by atoms with Crippen LogP contribution in [-0.2, 0) is 20.8 Å². The van der Waals surface area contributed by atoms with Gasteiger partial charge in [-0.25, -0.2) is 14.6 Å². The van der Waals surface area contributed by atoms with Crippen LogP contribution in [0, 0.1) is 11.8 Å². The third-order valence-corrected chi connectivity index (χ3v) is 5.35. The van der Waals surface area contributed by atoms with Crippen molar-refractivity contribution in [2.24, 2.45) is 11.8 Å². The van der Waals surface area contributed by atoms with Crippen LogP contribution in [0.3, 0.4) is 0 Å². The fourth-order valence-corrected chi connectivity index (χ4v) is 3.38. The minimum absolute atomic E-state index is 0.0918. The Balaban J connectivity index is 0.000000282. The molecule has 0 fully saturated rings. The molecule has 2 atom stereocenters.